The Labute approximate surface area is 156 Å². The number of hydrogen-bond donors (Lipinski definition) is 2. The number of rotatable bonds is 5. The first-order valence-corrected chi connectivity index (χ1v) is 8.51. The van der Waals surface area contributed by atoms with Gasteiger partial charge in [-0.05, 0) is 49.2 Å². The van der Waals surface area contributed by atoms with Crippen LogP contribution in [0.1, 0.15) is 44.7 Å². The Bertz CT molecular complexity index is 917. The van der Waals surface area contributed by atoms with Crippen molar-refractivity contribution in [2.24, 2.45) is 0 Å². The fourth-order valence-electron chi connectivity index (χ4n) is 2.74. The first-order chi connectivity index (χ1) is 12.9. The summed E-state index contributed by atoms with van der Waals surface area (Å²) in [5.41, 5.74) is 5.59. The Morgan fingerprint density at radius 3 is 2.04 bits per heavy atom. The molecule has 4 amide bonds. The smallest absolute Gasteiger partial charge is 0.280 e. The molecule has 1 aliphatic heterocycles. The number of hydrogen-bond acceptors (Lipinski definition) is 4. The predicted molar refractivity (Wildman–Crippen MR) is 98.9 cm³/mol. The number of benzene rings is 2. The highest BCUT2D eigenvalue weighted by Crippen LogP contribution is 2.20. The largest absolute Gasteiger partial charge is 0.326 e. The van der Waals surface area contributed by atoms with Crippen molar-refractivity contribution in [3.63, 3.8) is 0 Å². The third-order valence-corrected chi connectivity index (χ3v) is 4.40. The van der Waals surface area contributed by atoms with Gasteiger partial charge in [-0.1, -0.05) is 18.2 Å². The van der Waals surface area contributed by atoms with Gasteiger partial charge >= 0.3 is 0 Å². The molecular formula is C20H19N3O4. The van der Waals surface area contributed by atoms with Gasteiger partial charge in [0.15, 0.2) is 0 Å². The summed E-state index contributed by atoms with van der Waals surface area (Å²) in [6.07, 6.45) is -0.216. The molecule has 27 heavy (non-hydrogen) atoms. The first-order valence-electron chi connectivity index (χ1n) is 8.51. The van der Waals surface area contributed by atoms with E-state index in [2.05, 4.69) is 10.7 Å². The lowest BCUT2D eigenvalue weighted by molar-refractivity contribution is -0.126. The Morgan fingerprint density at radius 1 is 0.852 bits per heavy atom. The molecule has 1 heterocycles. The molecule has 138 valence electrons. The number of nitrogens with zero attached hydrogens (tertiary/aromatic N) is 1. The fourth-order valence-corrected chi connectivity index (χ4v) is 2.74. The monoisotopic (exact) mass is 365 g/mol. The van der Waals surface area contributed by atoms with Gasteiger partial charge in [0.1, 0.15) is 0 Å². The van der Waals surface area contributed by atoms with Crippen LogP contribution in [0.5, 0.6) is 0 Å². The molecule has 7 heteroatoms. The number of fused-ring (bicyclic) bond motifs is 1. The van der Waals surface area contributed by atoms with Gasteiger partial charge in [0, 0.05) is 18.5 Å². The van der Waals surface area contributed by atoms with E-state index in [4.69, 9.17) is 0 Å². The highest BCUT2D eigenvalue weighted by Gasteiger charge is 2.36. The molecule has 0 saturated heterocycles. The van der Waals surface area contributed by atoms with Crippen molar-refractivity contribution in [3.05, 3.63) is 64.7 Å². The maximum absolute atomic E-state index is 12.2. The van der Waals surface area contributed by atoms with Gasteiger partial charge < -0.3 is 5.32 Å². The van der Waals surface area contributed by atoms with E-state index in [1.165, 1.54) is 12.1 Å². The van der Waals surface area contributed by atoms with Crippen LogP contribution in [-0.4, -0.2) is 28.6 Å². The Morgan fingerprint density at radius 2 is 1.44 bits per heavy atom. The average molecular weight is 365 g/mol. The van der Waals surface area contributed by atoms with E-state index in [1.807, 2.05) is 26.0 Å². The number of imide groups is 1. The summed E-state index contributed by atoms with van der Waals surface area (Å²) in [6, 6.07) is 11.9. The predicted octanol–water partition coefficient (Wildman–Crippen LogP) is 2.35. The summed E-state index contributed by atoms with van der Waals surface area (Å²) in [5, 5.41) is 3.41. The number of anilines is 1. The molecule has 2 aromatic rings. The van der Waals surface area contributed by atoms with E-state index in [0.717, 1.165) is 11.1 Å². The van der Waals surface area contributed by atoms with Crippen LogP contribution in [0.2, 0.25) is 0 Å². The number of carbonyl (C=O) groups is 4. The molecule has 0 unspecified atom stereocenters. The van der Waals surface area contributed by atoms with Crippen molar-refractivity contribution in [1.82, 2.24) is 10.4 Å². The van der Waals surface area contributed by atoms with Crippen molar-refractivity contribution in [2.45, 2.75) is 26.7 Å². The van der Waals surface area contributed by atoms with Gasteiger partial charge in [-0.25, -0.2) is 0 Å². The SMILES string of the molecule is Cc1ccc(NC(=O)CCC(=O)NN2C(=O)c3ccccc3C2=O)cc1C. The maximum atomic E-state index is 12.2. The molecule has 0 aromatic heterocycles. The standard InChI is InChI=1S/C20H19N3O4/c1-12-7-8-14(11-13(12)2)21-17(24)9-10-18(25)22-23-19(26)15-5-3-4-6-16(15)20(23)27/h3-8,11H,9-10H2,1-2H3,(H,21,24)(H,22,25). The molecule has 0 atom stereocenters. The van der Waals surface area contributed by atoms with Crippen molar-refractivity contribution < 1.29 is 19.2 Å². The zero-order valence-electron chi connectivity index (χ0n) is 15.0. The van der Waals surface area contributed by atoms with Crippen molar-refractivity contribution in [1.29, 1.82) is 0 Å². The second-order valence-electron chi connectivity index (χ2n) is 6.37. The number of aryl methyl sites for hydroxylation is 2. The van der Waals surface area contributed by atoms with Gasteiger partial charge in [0.25, 0.3) is 11.8 Å². The first kappa shape index (κ1) is 18.3. The third kappa shape index (κ3) is 3.87. The van der Waals surface area contributed by atoms with Crippen molar-refractivity contribution in [3.8, 4) is 0 Å². The molecule has 0 bridgehead atoms. The topological polar surface area (TPSA) is 95.6 Å². The summed E-state index contributed by atoms with van der Waals surface area (Å²) in [6.45, 7) is 3.92. The maximum Gasteiger partial charge on any atom is 0.280 e. The molecule has 0 spiro atoms. The Hall–Kier alpha value is -3.48. The fraction of sp³-hybridized carbons (Fsp3) is 0.200. The molecule has 2 aromatic carbocycles. The summed E-state index contributed by atoms with van der Waals surface area (Å²) in [7, 11) is 0. The van der Waals surface area contributed by atoms with Gasteiger partial charge in [-0.3, -0.25) is 24.6 Å². The van der Waals surface area contributed by atoms with E-state index < -0.39 is 17.7 Å². The minimum atomic E-state index is -0.584. The van der Waals surface area contributed by atoms with Crippen LogP contribution in [0.25, 0.3) is 0 Å². The minimum Gasteiger partial charge on any atom is -0.326 e. The van der Waals surface area contributed by atoms with Crippen LogP contribution >= 0.6 is 0 Å². The lowest BCUT2D eigenvalue weighted by atomic mass is 10.1. The minimum absolute atomic E-state index is 0.0675. The van der Waals surface area contributed by atoms with Gasteiger partial charge in [-0.2, -0.15) is 5.01 Å². The van der Waals surface area contributed by atoms with E-state index in [0.29, 0.717) is 10.7 Å². The number of hydrazine groups is 1. The highest BCUT2D eigenvalue weighted by molar-refractivity contribution is 6.21. The van der Waals surface area contributed by atoms with Gasteiger partial charge in [-0.15, -0.1) is 0 Å². The summed E-state index contributed by atoms with van der Waals surface area (Å²) in [5.74, 6) is -2.07. The van der Waals surface area contributed by atoms with E-state index >= 15 is 0 Å². The molecule has 0 fully saturated rings. The lowest BCUT2D eigenvalue weighted by Gasteiger charge is -2.15. The number of amides is 4. The van der Waals surface area contributed by atoms with Gasteiger partial charge in [0.05, 0.1) is 11.1 Å². The number of carbonyl (C=O) groups excluding carboxylic acids is 4. The third-order valence-electron chi connectivity index (χ3n) is 4.40. The van der Waals surface area contributed by atoms with Crippen LogP contribution in [0, 0.1) is 13.8 Å². The van der Waals surface area contributed by atoms with Crippen LogP contribution in [0.4, 0.5) is 5.69 Å². The molecule has 0 aliphatic carbocycles. The lowest BCUT2D eigenvalue weighted by Crippen LogP contribution is -2.46. The zero-order chi connectivity index (χ0) is 19.6. The van der Waals surface area contributed by atoms with Crippen LogP contribution in [-0.2, 0) is 9.59 Å². The molecular weight excluding hydrogens is 346 g/mol. The number of nitrogens with one attached hydrogen (secondary N) is 2. The van der Waals surface area contributed by atoms with Crippen LogP contribution in [0.3, 0.4) is 0 Å². The molecule has 7 nitrogen and oxygen atoms in total. The molecule has 3 rings (SSSR count). The molecule has 2 N–H and O–H groups in total. The average Bonchev–Trinajstić information content (AvgIpc) is 2.88. The Kier molecular flexibility index (Phi) is 5.03. The molecule has 0 saturated carbocycles. The van der Waals surface area contributed by atoms with Crippen molar-refractivity contribution >= 4 is 29.3 Å². The molecule has 0 radical (unpaired) electrons. The zero-order valence-corrected chi connectivity index (χ0v) is 15.0. The summed E-state index contributed by atoms with van der Waals surface area (Å²) < 4.78 is 0. The van der Waals surface area contributed by atoms with Crippen LogP contribution in [0.15, 0.2) is 42.5 Å². The summed E-state index contributed by atoms with van der Waals surface area (Å²) >= 11 is 0. The van der Waals surface area contributed by atoms with E-state index in [9.17, 15) is 19.2 Å². The second kappa shape index (κ2) is 7.41. The van der Waals surface area contributed by atoms with E-state index in [-0.39, 0.29) is 29.9 Å². The second-order valence-corrected chi connectivity index (χ2v) is 6.37. The Balaban J connectivity index is 1.53. The van der Waals surface area contributed by atoms with Crippen molar-refractivity contribution in [2.75, 3.05) is 5.32 Å². The normalized spacial score (nSPS) is 12.7. The van der Waals surface area contributed by atoms with Gasteiger partial charge in [0.2, 0.25) is 11.8 Å². The highest BCUT2D eigenvalue weighted by atomic mass is 16.2. The quantitative estimate of drug-likeness (QED) is 0.795. The molecule has 1 aliphatic rings. The van der Waals surface area contributed by atoms with Crippen LogP contribution < -0.4 is 10.7 Å². The summed E-state index contributed by atoms with van der Waals surface area (Å²) in [4.78, 5) is 48.5. The van der Waals surface area contributed by atoms with E-state index in [1.54, 1.807) is 18.2 Å².